The molecular weight excluding hydrogens is 330 g/mol. The summed E-state index contributed by atoms with van der Waals surface area (Å²) in [5.41, 5.74) is 0.145. The number of halogens is 2. The Hall–Kier alpha value is -2.80. The fourth-order valence-corrected chi connectivity index (χ4v) is 2.17. The van der Waals surface area contributed by atoms with Crippen LogP contribution in [0.3, 0.4) is 0 Å². The van der Waals surface area contributed by atoms with Crippen molar-refractivity contribution in [3.8, 4) is 17.1 Å². The second-order valence-corrected chi connectivity index (χ2v) is 6.01. The monoisotopic (exact) mass is 346 g/mol. The van der Waals surface area contributed by atoms with Gasteiger partial charge in [-0.1, -0.05) is 17.3 Å². The molecule has 0 spiro atoms. The summed E-state index contributed by atoms with van der Waals surface area (Å²) in [6.45, 7) is 3.42. The lowest BCUT2D eigenvalue weighted by Crippen LogP contribution is -2.14. The van der Waals surface area contributed by atoms with Gasteiger partial charge in [0.1, 0.15) is 5.75 Å². The molecule has 0 aliphatic carbocycles. The van der Waals surface area contributed by atoms with E-state index in [9.17, 15) is 13.9 Å². The largest absolute Gasteiger partial charge is 0.484 e. The zero-order valence-electron chi connectivity index (χ0n) is 13.7. The maximum absolute atomic E-state index is 13.3. The van der Waals surface area contributed by atoms with Gasteiger partial charge in [-0.3, -0.25) is 0 Å². The molecule has 0 aliphatic rings. The van der Waals surface area contributed by atoms with Crippen LogP contribution in [-0.4, -0.2) is 15.2 Å². The Morgan fingerprint density at radius 3 is 2.44 bits per heavy atom. The quantitative estimate of drug-likeness (QED) is 0.761. The molecule has 0 radical (unpaired) electrons. The van der Waals surface area contributed by atoms with Crippen molar-refractivity contribution in [2.45, 2.75) is 26.1 Å². The second kappa shape index (κ2) is 6.60. The summed E-state index contributed by atoms with van der Waals surface area (Å²) in [7, 11) is 0. The van der Waals surface area contributed by atoms with Crippen LogP contribution in [0.15, 0.2) is 47.0 Å². The van der Waals surface area contributed by atoms with Crippen LogP contribution >= 0.6 is 0 Å². The Kier molecular flexibility index (Phi) is 4.50. The zero-order chi connectivity index (χ0) is 18.0. The van der Waals surface area contributed by atoms with E-state index in [1.807, 2.05) is 0 Å². The van der Waals surface area contributed by atoms with E-state index in [1.165, 1.54) is 6.07 Å². The number of rotatable bonds is 5. The van der Waals surface area contributed by atoms with Crippen molar-refractivity contribution >= 4 is 0 Å². The van der Waals surface area contributed by atoms with E-state index in [1.54, 1.807) is 38.1 Å². The molecule has 5 nitrogen and oxygen atoms in total. The number of benzene rings is 2. The first-order chi connectivity index (χ1) is 11.8. The van der Waals surface area contributed by atoms with Gasteiger partial charge >= 0.3 is 0 Å². The van der Waals surface area contributed by atoms with Crippen LogP contribution in [0.5, 0.6) is 5.75 Å². The van der Waals surface area contributed by atoms with Crippen LogP contribution in [0.2, 0.25) is 0 Å². The van der Waals surface area contributed by atoms with Crippen LogP contribution in [0.4, 0.5) is 8.78 Å². The smallest absolute Gasteiger partial charge is 0.264 e. The highest BCUT2D eigenvalue weighted by molar-refractivity contribution is 5.54. The van der Waals surface area contributed by atoms with Crippen LogP contribution in [0.1, 0.15) is 25.3 Å². The number of hydrogen-bond acceptors (Lipinski definition) is 5. The Labute approximate surface area is 142 Å². The fourth-order valence-electron chi connectivity index (χ4n) is 2.17. The summed E-state index contributed by atoms with van der Waals surface area (Å²) >= 11 is 0. The number of nitrogens with zero attached hydrogens (tertiary/aromatic N) is 2. The van der Waals surface area contributed by atoms with E-state index in [-0.39, 0.29) is 18.3 Å². The molecule has 0 aliphatic heterocycles. The topological polar surface area (TPSA) is 68.4 Å². The Bertz CT molecular complexity index is 871. The molecule has 130 valence electrons. The number of ether oxygens (including phenoxy) is 1. The van der Waals surface area contributed by atoms with Gasteiger partial charge in [-0.25, -0.2) is 8.78 Å². The lowest BCUT2D eigenvalue weighted by atomic mass is 9.99. The highest BCUT2D eigenvalue weighted by Gasteiger charge is 2.16. The van der Waals surface area contributed by atoms with Crippen LogP contribution in [0.25, 0.3) is 11.4 Å². The molecule has 3 aromatic rings. The summed E-state index contributed by atoms with van der Waals surface area (Å²) in [4.78, 5) is 4.09. The van der Waals surface area contributed by atoms with Crippen molar-refractivity contribution in [3.63, 3.8) is 0 Å². The molecule has 7 heteroatoms. The van der Waals surface area contributed by atoms with Gasteiger partial charge in [0.2, 0.25) is 5.82 Å². The first-order valence-corrected chi connectivity index (χ1v) is 7.56. The fraction of sp³-hybridized carbons (Fsp3) is 0.222. The highest BCUT2D eigenvalue weighted by atomic mass is 19.2. The van der Waals surface area contributed by atoms with Crippen molar-refractivity contribution in [2.75, 3.05) is 0 Å². The van der Waals surface area contributed by atoms with Gasteiger partial charge in [-0.15, -0.1) is 0 Å². The van der Waals surface area contributed by atoms with Gasteiger partial charge in [0.15, 0.2) is 18.2 Å². The third-order valence-corrected chi connectivity index (χ3v) is 3.57. The maximum atomic E-state index is 13.3. The van der Waals surface area contributed by atoms with Crippen LogP contribution in [0, 0.1) is 11.6 Å². The second-order valence-electron chi connectivity index (χ2n) is 6.01. The van der Waals surface area contributed by atoms with Gasteiger partial charge < -0.3 is 14.4 Å². The summed E-state index contributed by atoms with van der Waals surface area (Å²) in [5, 5.41) is 13.6. The van der Waals surface area contributed by atoms with Gasteiger partial charge in [-0.05, 0) is 49.7 Å². The number of hydrogen-bond donors (Lipinski definition) is 1. The Morgan fingerprint density at radius 1 is 1.08 bits per heavy atom. The lowest BCUT2D eigenvalue weighted by molar-refractivity contribution is 0.0785. The first kappa shape index (κ1) is 17.0. The average molecular weight is 346 g/mol. The predicted octanol–water partition coefficient (Wildman–Crippen LogP) is 3.82. The molecular formula is C18H16F2N2O3. The third kappa shape index (κ3) is 4.00. The molecule has 3 rings (SSSR count). The molecule has 1 N–H and O–H groups in total. The van der Waals surface area contributed by atoms with Crippen molar-refractivity contribution in [1.29, 1.82) is 0 Å². The molecule has 2 aromatic carbocycles. The molecule has 1 aromatic heterocycles. The van der Waals surface area contributed by atoms with Gasteiger partial charge in [0, 0.05) is 5.56 Å². The van der Waals surface area contributed by atoms with E-state index in [2.05, 4.69) is 10.1 Å². The van der Waals surface area contributed by atoms with Crippen LogP contribution in [-0.2, 0) is 12.2 Å². The Morgan fingerprint density at radius 2 is 1.80 bits per heavy atom. The van der Waals surface area contributed by atoms with Crippen molar-refractivity contribution in [1.82, 2.24) is 10.1 Å². The molecule has 0 fully saturated rings. The molecule has 0 saturated carbocycles. The van der Waals surface area contributed by atoms with Gasteiger partial charge in [-0.2, -0.15) is 4.98 Å². The molecule has 0 atom stereocenters. The molecule has 0 saturated heterocycles. The van der Waals surface area contributed by atoms with Crippen molar-refractivity contribution in [2.24, 2.45) is 0 Å². The summed E-state index contributed by atoms with van der Waals surface area (Å²) < 4.78 is 36.8. The molecule has 0 bridgehead atoms. The third-order valence-electron chi connectivity index (χ3n) is 3.57. The van der Waals surface area contributed by atoms with Crippen molar-refractivity contribution < 1.29 is 23.1 Å². The molecule has 0 unspecified atom stereocenters. The zero-order valence-corrected chi connectivity index (χ0v) is 13.7. The Balaban J connectivity index is 1.66. The van der Waals surface area contributed by atoms with Gasteiger partial charge in [0.25, 0.3) is 5.89 Å². The minimum atomic E-state index is -0.980. The number of aliphatic hydroxyl groups is 1. The number of aromatic nitrogens is 2. The van der Waals surface area contributed by atoms with Gasteiger partial charge in [0.05, 0.1) is 5.60 Å². The lowest BCUT2D eigenvalue weighted by Gasteiger charge is -2.17. The average Bonchev–Trinajstić information content (AvgIpc) is 3.04. The highest BCUT2D eigenvalue weighted by Crippen LogP contribution is 2.23. The van der Waals surface area contributed by atoms with Crippen molar-refractivity contribution in [3.05, 3.63) is 65.6 Å². The minimum absolute atomic E-state index is 0.0263. The first-order valence-electron chi connectivity index (χ1n) is 7.56. The SMILES string of the molecule is CC(C)(O)c1ccc(OCc2nc(-c3ccc(F)c(F)c3)no2)cc1. The van der Waals surface area contributed by atoms with E-state index in [0.29, 0.717) is 11.3 Å². The van der Waals surface area contributed by atoms with E-state index in [0.717, 1.165) is 17.7 Å². The summed E-state index contributed by atoms with van der Waals surface area (Å²) in [5.74, 6) is -1.00. The van der Waals surface area contributed by atoms with E-state index < -0.39 is 17.2 Å². The minimum Gasteiger partial charge on any atom is -0.484 e. The molecule has 1 heterocycles. The molecule has 0 amide bonds. The maximum Gasteiger partial charge on any atom is 0.264 e. The van der Waals surface area contributed by atoms with E-state index >= 15 is 0 Å². The molecule has 25 heavy (non-hydrogen) atoms. The summed E-state index contributed by atoms with van der Waals surface area (Å²) in [6, 6.07) is 10.3. The standard InChI is InChI=1S/C18H16F2N2O3/c1-18(2,23)12-4-6-13(7-5-12)24-10-16-21-17(22-25-16)11-3-8-14(19)15(20)9-11/h3-9,23H,10H2,1-2H3. The van der Waals surface area contributed by atoms with E-state index in [4.69, 9.17) is 9.26 Å². The normalized spacial score (nSPS) is 11.6. The van der Waals surface area contributed by atoms with Crippen LogP contribution < -0.4 is 4.74 Å². The summed E-state index contributed by atoms with van der Waals surface area (Å²) in [6.07, 6.45) is 0. The predicted molar refractivity (Wildman–Crippen MR) is 85.7 cm³/mol.